The summed E-state index contributed by atoms with van der Waals surface area (Å²) in [6, 6.07) is 12.7. The third kappa shape index (κ3) is 4.17. The predicted octanol–water partition coefficient (Wildman–Crippen LogP) is 3.97. The number of anilines is 1. The highest BCUT2D eigenvalue weighted by molar-refractivity contribution is 6.33. The minimum atomic E-state index is -0.431. The fraction of sp³-hybridized carbons (Fsp3) is 0.263. The van der Waals surface area contributed by atoms with Crippen LogP contribution in [-0.2, 0) is 4.79 Å². The molecule has 0 radical (unpaired) electrons. The summed E-state index contributed by atoms with van der Waals surface area (Å²) < 4.78 is 13.3. The van der Waals surface area contributed by atoms with Crippen LogP contribution in [-0.4, -0.2) is 29.8 Å². The maximum Gasteiger partial charge on any atom is 0.253 e. The normalized spacial score (nSPS) is 15.0. The van der Waals surface area contributed by atoms with Gasteiger partial charge in [0.15, 0.2) is 0 Å². The summed E-state index contributed by atoms with van der Waals surface area (Å²) in [7, 11) is 0. The third-order valence-electron chi connectivity index (χ3n) is 4.36. The molecule has 25 heavy (non-hydrogen) atoms. The highest BCUT2D eigenvalue weighted by atomic mass is 35.5. The van der Waals surface area contributed by atoms with Crippen molar-refractivity contribution in [1.82, 2.24) is 4.90 Å². The van der Waals surface area contributed by atoms with Crippen LogP contribution in [0.15, 0.2) is 48.5 Å². The van der Waals surface area contributed by atoms with Crippen LogP contribution in [0.25, 0.3) is 0 Å². The Bertz CT molecular complexity index is 788. The molecule has 0 spiro atoms. The van der Waals surface area contributed by atoms with Crippen molar-refractivity contribution in [2.75, 3.05) is 18.4 Å². The fourth-order valence-corrected chi connectivity index (χ4v) is 3.13. The second-order valence-corrected chi connectivity index (χ2v) is 6.45. The Balaban J connectivity index is 1.57. The zero-order chi connectivity index (χ0) is 17.8. The molecule has 0 unspecified atom stereocenters. The van der Waals surface area contributed by atoms with Crippen LogP contribution in [0.3, 0.4) is 0 Å². The van der Waals surface area contributed by atoms with Crippen molar-refractivity contribution in [3.63, 3.8) is 0 Å². The van der Waals surface area contributed by atoms with Crippen molar-refractivity contribution in [3.8, 4) is 0 Å². The Morgan fingerprint density at radius 2 is 1.80 bits per heavy atom. The molecule has 0 saturated carbocycles. The third-order valence-corrected chi connectivity index (χ3v) is 4.69. The minimum absolute atomic E-state index is 0.0917. The molecule has 2 aromatic carbocycles. The van der Waals surface area contributed by atoms with Gasteiger partial charge in [0, 0.05) is 24.6 Å². The molecule has 3 rings (SSSR count). The topological polar surface area (TPSA) is 49.4 Å². The lowest BCUT2D eigenvalue weighted by molar-refractivity contribution is -0.121. The number of halogens is 2. The van der Waals surface area contributed by atoms with E-state index in [1.165, 1.54) is 18.2 Å². The van der Waals surface area contributed by atoms with Crippen LogP contribution >= 0.6 is 11.6 Å². The van der Waals surface area contributed by atoms with Gasteiger partial charge >= 0.3 is 0 Å². The summed E-state index contributed by atoms with van der Waals surface area (Å²) >= 11 is 6.05. The molecule has 6 heteroatoms. The van der Waals surface area contributed by atoms with E-state index in [2.05, 4.69) is 5.32 Å². The van der Waals surface area contributed by atoms with Crippen molar-refractivity contribution >= 4 is 29.1 Å². The summed E-state index contributed by atoms with van der Waals surface area (Å²) in [6.07, 6.45) is 1.13. The summed E-state index contributed by atoms with van der Waals surface area (Å²) in [4.78, 5) is 26.5. The van der Waals surface area contributed by atoms with Crippen molar-refractivity contribution in [1.29, 1.82) is 0 Å². The van der Waals surface area contributed by atoms with E-state index in [0.29, 0.717) is 42.2 Å². The quantitative estimate of drug-likeness (QED) is 0.900. The molecule has 4 nitrogen and oxygen atoms in total. The van der Waals surface area contributed by atoms with Crippen molar-refractivity contribution in [2.45, 2.75) is 12.8 Å². The molecule has 1 saturated heterocycles. The lowest BCUT2D eigenvalue weighted by atomic mass is 9.95. The zero-order valence-corrected chi connectivity index (χ0v) is 14.3. The van der Waals surface area contributed by atoms with Crippen LogP contribution in [0.2, 0.25) is 5.02 Å². The number of nitrogens with zero attached hydrogens (tertiary/aromatic N) is 1. The van der Waals surface area contributed by atoms with Crippen LogP contribution in [0.4, 0.5) is 10.1 Å². The zero-order valence-electron chi connectivity index (χ0n) is 13.5. The van der Waals surface area contributed by atoms with Gasteiger partial charge in [-0.3, -0.25) is 9.59 Å². The van der Waals surface area contributed by atoms with Gasteiger partial charge < -0.3 is 10.2 Å². The van der Waals surface area contributed by atoms with E-state index in [-0.39, 0.29) is 17.7 Å². The van der Waals surface area contributed by atoms with E-state index in [1.807, 2.05) is 6.07 Å². The van der Waals surface area contributed by atoms with Gasteiger partial charge in [-0.25, -0.2) is 4.39 Å². The monoisotopic (exact) mass is 360 g/mol. The number of hydrogen-bond donors (Lipinski definition) is 1. The Hall–Kier alpha value is -2.40. The maximum atomic E-state index is 13.3. The Morgan fingerprint density at radius 1 is 1.08 bits per heavy atom. The molecular formula is C19H18ClFN2O2. The van der Waals surface area contributed by atoms with Crippen LogP contribution in [0.1, 0.15) is 23.2 Å². The Labute approximate surface area is 150 Å². The number of likely N-dealkylation sites (tertiary alicyclic amines) is 1. The first-order valence-corrected chi connectivity index (χ1v) is 8.52. The van der Waals surface area contributed by atoms with Crippen LogP contribution in [0, 0.1) is 11.7 Å². The Kier molecular flexibility index (Phi) is 5.34. The highest BCUT2D eigenvalue weighted by Gasteiger charge is 2.28. The lowest BCUT2D eigenvalue weighted by Crippen LogP contribution is -2.41. The molecule has 130 valence electrons. The largest absolute Gasteiger partial charge is 0.339 e. The molecule has 1 N–H and O–H groups in total. The van der Waals surface area contributed by atoms with Crippen LogP contribution < -0.4 is 5.32 Å². The van der Waals surface area contributed by atoms with Crippen LogP contribution in [0.5, 0.6) is 0 Å². The molecule has 0 aromatic heterocycles. The average Bonchev–Trinajstić information content (AvgIpc) is 2.63. The van der Waals surface area contributed by atoms with Gasteiger partial charge in [-0.2, -0.15) is 0 Å². The second-order valence-electron chi connectivity index (χ2n) is 6.05. The summed E-state index contributed by atoms with van der Waals surface area (Å²) in [6.45, 7) is 0.936. The first-order chi connectivity index (χ1) is 12.0. The van der Waals surface area contributed by atoms with Gasteiger partial charge in [-0.1, -0.05) is 29.8 Å². The number of hydrogen-bond acceptors (Lipinski definition) is 2. The lowest BCUT2D eigenvalue weighted by Gasteiger charge is -2.31. The molecule has 1 heterocycles. The molecule has 1 aliphatic rings. The van der Waals surface area contributed by atoms with Crippen molar-refractivity contribution in [2.24, 2.45) is 5.92 Å². The molecule has 0 bridgehead atoms. The predicted molar refractivity (Wildman–Crippen MR) is 95.1 cm³/mol. The smallest absolute Gasteiger partial charge is 0.253 e. The number of piperidine rings is 1. The SMILES string of the molecule is O=C(Nc1ccccc1Cl)C1CCN(C(=O)c2cccc(F)c2)CC1. The van der Waals surface area contributed by atoms with Crippen molar-refractivity contribution in [3.05, 3.63) is 64.9 Å². The molecule has 1 fully saturated rings. The number of carbonyl (C=O) groups excluding carboxylic acids is 2. The fourth-order valence-electron chi connectivity index (χ4n) is 2.95. The first-order valence-electron chi connectivity index (χ1n) is 8.15. The highest BCUT2D eigenvalue weighted by Crippen LogP contribution is 2.24. The number of carbonyl (C=O) groups is 2. The number of rotatable bonds is 3. The summed E-state index contributed by atoms with van der Waals surface area (Å²) in [5.74, 6) is -0.900. The standard InChI is InChI=1S/C19H18ClFN2O2/c20-16-6-1-2-7-17(16)22-18(24)13-8-10-23(11-9-13)19(25)14-4-3-5-15(21)12-14/h1-7,12-13H,8-11H2,(H,22,24). The summed E-state index contributed by atoms with van der Waals surface area (Å²) in [5, 5.41) is 3.33. The Morgan fingerprint density at radius 3 is 2.48 bits per heavy atom. The molecule has 2 aromatic rings. The molecule has 2 amide bonds. The summed E-state index contributed by atoms with van der Waals surface area (Å²) in [5.41, 5.74) is 0.923. The van der Waals surface area contributed by atoms with E-state index in [1.54, 1.807) is 29.2 Å². The molecule has 0 aliphatic carbocycles. The number of para-hydroxylation sites is 1. The van der Waals surface area contributed by atoms with Gasteiger partial charge in [-0.05, 0) is 43.2 Å². The van der Waals surface area contributed by atoms with Gasteiger partial charge in [0.05, 0.1) is 10.7 Å². The van der Waals surface area contributed by atoms with E-state index in [9.17, 15) is 14.0 Å². The minimum Gasteiger partial charge on any atom is -0.339 e. The van der Waals surface area contributed by atoms with E-state index in [0.717, 1.165) is 0 Å². The van der Waals surface area contributed by atoms with E-state index < -0.39 is 5.82 Å². The first kappa shape index (κ1) is 17.4. The average molecular weight is 361 g/mol. The van der Waals surface area contributed by atoms with E-state index >= 15 is 0 Å². The van der Waals surface area contributed by atoms with Gasteiger partial charge in [0.1, 0.15) is 5.82 Å². The number of amides is 2. The second kappa shape index (κ2) is 7.66. The number of nitrogens with one attached hydrogen (secondary N) is 1. The van der Waals surface area contributed by atoms with Gasteiger partial charge in [-0.15, -0.1) is 0 Å². The van der Waals surface area contributed by atoms with Crippen molar-refractivity contribution < 1.29 is 14.0 Å². The molecular weight excluding hydrogens is 343 g/mol. The maximum absolute atomic E-state index is 13.3. The van der Waals surface area contributed by atoms with Gasteiger partial charge in [0.2, 0.25) is 5.91 Å². The molecule has 1 aliphatic heterocycles. The molecule has 0 atom stereocenters. The van der Waals surface area contributed by atoms with Gasteiger partial charge in [0.25, 0.3) is 5.91 Å². The number of benzene rings is 2. The van der Waals surface area contributed by atoms with E-state index in [4.69, 9.17) is 11.6 Å².